The molecule has 1 amide bonds. The van der Waals surface area contributed by atoms with E-state index in [2.05, 4.69) is 0 Å². The Morgan fingerprint density at radius 2 is 2.11 bits per heavy atom. The Bertz CT molecular complexity index is 493. The van der Waals surface area contributed by atoms with Crippen LogP contribution in [0.3, 0.4) is 0 Å². The summed E-state index contributed by atoms with van der Waals surface area (Å²) >= 11 is 5.68. The molecule has 0 spiro atoms. The van der Waals surface area contributed by atoms with Crippen LogP contribution in [0.1, 0.15) is 20.3 Å². The summed E-state index contributed by atoms with van der Waals surface area (Å²) in [6.45, 7) is 3.19. The fourth-order valence-corrected chi connectivity index (χ4v) is 1.72. The molecule has 1 aromatic carbocycles. The van der Waals surface area contributed by atoms with Gasteiger partial charge in [-0.15, -0.1) is 0 Å². The highest BCUT2D eigenvalue weighted by molar-refractivity contribution is 6.31. The summed E-state index contributed by atoms with van der Waals surface area (Å²) in [4.78, 5) is 24.0. The van der Waals surface area contributed by atoms with Gasteiger partial charge in [0.05, 0.1) is 10.9 Å². The molecular formula is C13H15ClFNO3. The maximum atomic E-state index is 13.1. The number of anilines is 1. The van der Waals surface area contributed by atoms with Crippen molar-refractivity contribution in [3.63, 3.8) is 0 Å². The molecule has 0 fully saturated rings. The molecule has 0 radical (unpaired) electrons. The molecule has 1 rings (SSSR count). The summed E-state index contributed by atoms with van der Waals surface area (Å²) in [6.07, 6.45) is 0.224. The third kappa shape index (κ3) is 3.92. The highest BCUT2D eigenvalue weighted by atomic mass is 35.5. The molecule has 0 aliphatic heterocycles. The van der Waals surface area contributed by atoms with Gasteiger partial charge in [0.25, 0.3) is 0 Å². The Hall–Kier alpha value is -1.62. The molecule has 1 atom stereocenters. The van der Waals surface area contributed by atoms with Gasteiger partial charge in [-0.3, -0.25) is 9.59 Å². The fourth-order valence-electron chi connectivity index (χ4n) is 1.55. The molecule has 1 N–H and O–H groups in total. The van der Waals surface area contributed by atoms with Crippen molar-refractivity contribution in [3.8, 4) is 0 Å². The van der Waals surface area contributed by atoms with Crippen LogP contribution in [0.15, 0.2) is 18.2 Å². The zero-order valence-electron chi connectivity index (χ0n) is 10.7. The quantitative estimate of drug-likeness (QED) is 0.906. The molecule has 0 aliphatic rings. The highest BCUT2D eigenvalue weighted by Crippen LogP contribution is 2.24. The Balaban J connectivity index is 3.05. The second kappa shape index (κ2) is 6.52. The number of halogens is 2. The summed E-state index contributed by atoms with van der Waals surface area (Å²) < 4.78 is 13.1. The van der Waals surface area contributed by atoms with Crippen molar-refractivity contribution >= 4 is 29.2 Å². The van der Waals surface area contributed by atoms with Gasteiger partial charge < -0.3 is 10.0 Å². The van der Waals surface area contributed by atoms with Crippen LogP contribution in [0.25, 0.3) is 0 Å². The number of carboxylic acid groups (broad SMARTS) is 1. The average molecular weight is 288 g/mol. The van der Waals surface area contributed by atoms with E-state index in [9.17, 15) is 14.0 Å². The number of amides is 1. The van der Waals surface area contributed by atoms with Gasteiger partial charge in [0.15, 0.2) is 0 Å². The van der Waals surface area contributed by atoms with Crippen LogP contribution < -0.4 is 4.90 Å². The van der Waals surface area contributed by atoms with Crippen LogP contribution in [0.4, 0.5) is 10.1 Å². The van der Waals surface area contributed by atoms with Crippen molar-refractivity contribution in [1.29, 1.82) is 0 Å². The van der Waals surface area contributed by atoms with Crippen LogP contribution in [-0.4, -0.2) is 23.5 Å². The molecule has 6 heteroatoms. The molecule has 0 aromatic heterocycles. The van der Waals surface area contributed by atoms with E-state index in [4.69, 9.17) is 16.7 Å². The van der Waals surface area contributed by atoms with E-state index in [1.165, 1.54) is 24.0 Å². The van der Waals surface area contributed by atoms with Crippen molar-refractivity contribution in [2.45, 2.75) is 20.3 Å². The van der Waals surface area contributed by atoms with Crippen LogP contribution in [-0.2, 0) is 9.59 Å². The lowest BCUT2D eigenvalue weighted by atomic mass is 10.1. The van der Waals surface area contributed by atoms with Gasteiger partial charge in [-0.2, -0.15) is 0 Å². The summed E-state index contributed by atoms with van der Waals surface area (Å²) in [5, 5.41) is 8.80. The number of carboxylic acids is 1. The smallest absolute Gasteiger partial charge is 0.308 e. The third-order valence-corrected chi connectivity index (χ3v) is 2.99. The van der Waals surface area contributed by atoms with E-state index in [0.29, 0.717) is 5.69 Å². The second-order valence-corrected chi connectivity index (χ2v) is 4.60. The van der Waals surface area contributed by atoms with Gasteiger partial charge in [-0.25, -0.2) is 4.39 Å². The van der Waals surface area contributed by atoms with Crippen LogP contribution in [0.2, 0.25) is 5.02 Å². The molecule has 104 valence electrons. The topological polar surface area (TPSA) is 57.6 Å². The first kappa shape index (κ1) is 15.4. The monoisotopic (exact) mass is 287 g/mol. The van der Waals surface area contributed by atoms with Crippen LogP contribution >= 0.6 is 11.6 Å². The third-order valence-electron chi connectivity index (χ3n) is 2.70. The maximum Gasteiger partial charge on any atom is 0.308 e. The van der Waals surface area contributed by atoms with Gasteiger partial charge in [0.2, 0.25) is 5.91 Å². The molecule has 0 heterocycles. The molecule has 0 saturated heterocycles. The number of carbonyl (C=O) groups is 2. The van der Waals surface area contributed by atoms with Gasteiger partial charge >= 0.3 is 5.97 Å². The van der Waals surface area contributed by atoms with E-state index in [1.807, 2.05) is 0 Å². The molecule has 19 heavy (non-hydrogen) atoms. The molecule has 1 aromatic rings. The predicted octanol–water partition coefficient (Wildman–Crippen LogP) is 2.94. The number of rotatable bonds is 5. The summed E-state index contributed by atoms with van der Waals surface area (Å²) in [5.41, 5.74) is 0.395. The predicted molar refractivity (Wildman–Crippen MR) is 70.9 cm³/mol. The van der Waals surface area contributed by atoms with Crippen LogP contribution in [0, 0.1) is 11.7 Å². The van der Waals surface area contributed by atoms with E-state index < -0.39 is 17.7 Å². The SMILES string of the molecule is CCC(=O)N(CC(C)C(=O)O)c1ccc(F)c(Cl)c1. The number of hydrogen-bond acceptors (Lipinski definition) is 2. The summed E-state index contributed by atoms with van der Waals surface area (Å²) in [5.74, 6) is -2.54. The van der Waals surface area contributed by atoms with Gasteiger partial charge in [-0.05, 0) is 18.2 Å². The van der Waals surface area contributed by atoms with E-state index >= 15 is 0 Å². The van der Waals surface area contributed by atoms with E-state index in [-0.39, 0.29) is 23.9 Å². The largest absolute Gasteiger partial charge is 0.481 e. The molecule has 0 saturated carbocycles. The van der Waals surface area contributed by atoms with Crippen molar-refractivity contribution in [3.05, 3.63) is 29.0 Å². The lowest BCUT2D eigenvalue weighted by Gasteiger charge is -2.24. The van der Waals surface area contributed by atoms with Crippen molar-refractivity contribution in [2.75, 3.05) is 11.4 Å². The minimum absolute atomic E-state index is 0.0178. The summed E-state index contributed by atoms with van der Waals surface area (Å²) in [7, 11) is 0. The van der Waals surface area contributed by atoms with E-state index in [0.717, 1.165) is 6.07 Å². The first-order valence-corrected chi connectivity index (χ1v) is 6.22. The number of nitrogens with zero attached hydrogens (tertiary/aromatic N) is 1. The second-order valence-electron chi connectivity index (χ2n) is 4.20. The first-order chi connectivity index (χ1) is 8.86. The van der Waals surface area contributed by atoms with Crippen molar-refractivity contribution in [1.82, 2.24) is 0 Å². The standard InChI is InChI=1S/C13H15ClFNO3/c1-3-12(17)16(7-8(2)13(18)19)9-4-5-11(15)10(14)6-9/h4-6,8H,3,7H2,1-2H3,(H,18,19). The zero-order chi connectivity index (χ0) is 14.6. The fraction of sp³-hybridized carbons (Fsp3) is 0.385. The Kier molecular flexibility index (Phi) is 5.30. The summed E-state index contributed by atoms with van der Waals surface area (Å²) in [6, 6.07) is 3.88. The first-order valence-electron chi connectivity index (χ1n) is 5.85. The highest BCUT2D eigenvalue weighted by Gasteiger charge is 2.21. The van der Waals surface area contributed by atoms with Gasteiger partial charge in [0, 0.05) is 18.7 Å². The molecule has 4 nitrogen and oxygen atoms in total. The lowest BCUT2D eigenvalue weighted by Crippen LogP contribution is -2.36. The number of benzene rings is 1. The van der Waals surface area contributed by atoms with Gasteiger partial charge in [0.1, 0.15) is 5.82 Å². The Labute approximate surface area is 115 Å². The average Bonchev–Trinajstić information content (AvgIpc) is 2.38. The number of carbonyl (C=O) groups excluding carboxylic acids is 1. The van der Waals surface area contributed by atoms with E-state index in [1.54, 1.807) is 6.92 Å². The molecule has 0 aliphatic carbocycles. The number of aliphatic carboxylic acids is 1. The van der Waals surface area contributed by atoms with Crippen molar-refractivity contribution in [2.24, 2.45) is 5.92 Å². The molecule has 0 bridgehead atoms. The Morgan fingerprint density at radius 3 is 2.58 bits per heavy atom. The Morgan fingerprint density at radius 1 is 1.47 bits per heavy atom. The lowest BCUT2D eigenvalue weighted by molar-refractivity contribution is -0.140. The van der Waals surface area contributed by atoms with Crippen LogP contribution in [0.5, 0.6) is 0 Å². The normalized spacial score (nSPS) is 12.0. The number of hydrogen-bond donors (Lipinski definition) is 1. The van der Waals surface area contributed by atoms with Gasteiger partial charge in [-0.1, -0.05) is 25.4 Å². The zero-order valence-corrected chi connectivity index (χ0v) is 11.4. The molecule has 1 unspecified atom stereocenters. The molecular weight excluding hydrogens is 273 g/mol. The van der Waals surface area contributed by atoms with Crippen molar-refractivity contribution < 1.29 is 19.1 Å². The maximum absolute atomic E-state index is 13.1. The minimum atomic E-state index is -0.998. The minimum Gasteiger partial charge on any atom is -0.481 e.